The molecule has 0 saturated heterocycles. The van der Waals surface area contributed by atoms with Crippen molar-refractivity contribution < 1.29 is 4.39 Å². The van der Waals surface area contributed by atoms with E-state index in [0.29, 0.717) is 5.69 Å². The van der Waals surface area contributed by atoms with Crippen molar-refractivity contribution in [1.29, 1.82) is 0 Å². The first-order valence-corrected chi connectivity index (χ1v) is 7.96. The van der Waals surface area contributed by atoms with Crippen LogP contribution in [-0.2, 0) is 0 Å². The van der Waals surface area contributed by atoms with Crippen molar-refractivity contribution in [3.05, 3.63) is 57.5 Å². The van der Waals surface area contributed by atoms with Crippen LogP contribution in [0.1, 0.15) is 17.8 Å². The number of nitrogens with zero attached hydrogens (tertiary/aromatic N) is 3. The summed E-state index contributed by atoms with van der Waals surface area (Å²) in [6.07, 6.45) is 2.85. The molecule has 0 amide bonds. The van der Waals surface area contributed by atoms with Gasteiger partial charge in [-0.05, 0) is 52.5 Å². The summed E-state index contributed by atoms with van der Waals surface area (Å²) in [7, 11) is 0. The molecule has 0 aliphatic carbocycles. The van der Waals surface area contributed by atoms with Crippen LogP contribution in [0.15, 0.2) is 46.8 Å². The minimum atomic E-state index is -0.344. The Morgan fingerprint density at radius 3 is 2.86 bits per heavy atom. The first-order chi connectivity index (χ1) is 10.1. The highest BCUT2D eigenvalue weighted by Crippen LogP contribution is 2.31. The fourth-order valence-corrected chi connectivity index (χ4v) is 3.77. The molecule has 4 nitrogen and oxygen atoms in total. The quantitative estimate of drug-likeness (QED) is 0.743. The number of rotatable bonds is 4. The largest absolute Gasteiger partial charge is 0.378 e. The van der Waals surface area contributed by atoms with Crippen LogP contribution in [0.25, 0.3) is 5.69 Å². The number of hydrogen-bond acceptors (Lipinski definition) is 4. The molecule has 108 valence electrons. The Labute approximate surface area is 133 Å². The van der Waals surface area contributed by atoms with Gasteiger partial charge in [0.1, 0.15) is 18.3 Å². The van der Waals surface area contributed by atoms with Crippen molar-refractivity contribution >= 4 is 33.0 Å². The third-order valence-electron chi connectivity index (χ3n) is 3.03. The second-order valence-corrected chi connectivity index (χ2v) is 6.31. The smallest absolute Gasteiger partial charge is 0.150 e. The predicted octanol–water partition coefficient (Wildman–Crippen LogP) is 4.40. The van der Waals surface area contributed by atoms with E-state index in [4.69, 9.17) is 0 Å². The van der Waals surface area contributed by atoms with E-state index in [1.54, 1.807) is 17.4 Å². The fraction of sp³-hybridized carbons (Fsp3) is 0.143. The van der Waals surface area contributed by atoms with E-state index in [2.05, 4.69) is 31.3 Å². The fourth-order valence-electron chi connectivity index (χ4n) is 2.05. The van der Waals surface area contributed by atoms with Gasteiger partial charge in [0.15, 0.2) is 5.82 Å². The molecule has 1 atom stereocenters. The SMILES string of the molecule is CC(Nc1ccc(-n2cncn2)c(F)c1)c1sccc1Br. The van der Waals surface area contributed by atoms with Crippen LogP contribution in [0, 0.1) is 5.82 Å². The van der Waals surface area contributed by atoms with Gasteiger partial charge in [-0.25, -0.2) is 14.1 Å². The van der Waals surface area contributed by atoms with E-state index in [9.17, 15) is 4.39 Å². The van der Waals surface area contributed by atoms with Gasteiger partial charge in [-0.15, -0.1) is 11.3 Å². The molecule has 0 spiro atoms. The summed E-state index contributed by atoms with van der Waals surface area (Å²) in [6.45, 7) is 2.04. The number of anilines is 1. The third kappa shape index (κ3) is 2.98. The molecule has 1 unspecified atom stereocenters. The zero-order valence-electron chi connectivity index (χ0n) is 11.1. The molecule has 0 bridgehead atoms. The number of halogens is 2. The molecule has 1 aromatic carbocycles. The van der Waals surface area contributed by atoms with Crippen LogP contribution >= 0.6 is 27.3 Å². The van der Waals surface area contributed by atoms with Crippen molar-refractivity contribution in [2.24, 2.45) is 0 Å². The first kappa shape index (κ1) is 14.2. The maximum absolute atomic E-state index is 14.2. The molecule has 21 heavy (non-hydrogen) atoms. The molecular formula is C14H12BrFN4S. The highest BCUT2D eigenvalue weighted by atomic mass is 79.9. The van der Waals surface area contributed by atoms with Gasteiger partial charge in [0, 0.05) is 15.0 Å². The van der Waals surface area contributed by atoms with Crippen LogP contribution in [-0.4, -0.2) is 14.8 Å². The molecule has 0 aliphatic heterocycles. The van der Waals surface area contributed by atoms with Crippen molar-refractivity contribution in [3.63, 3.8) is 0 Å². The van der Waals surface area contributed by atoms with Crippen molar-refractivity contribution in [1.82, 2.24) is 14.8 Å². The first-order valence-electron chi connectivity index (χ1n) is 6.29. The van der Waals surface area contributed by atoms with Gasteiger partial charge in [-0.2, -0.15) is 5.10 Å². The van der Waals surface area contributed by atoms with Crippen LogP contribution in [0.5, 0.6) is 0 Å². The van der Waals surface area contributed by atoms with E-state index < -0.39 is 0 Å². The van der Waals surface area contributed by atoms with Gasteiger partial charge in [-0.1, -0.05) is 0 Å². The monoisotopic (exact) mass is 366 g/mol. The van der Waals surface area contributed by atoms with Gasteiger partial charge >= 0.3 is 0 Å². The topological polar surface area (TPSA) is 42.7 Å². The lowest BCUT2D eigenvalue weighted by atomic mass is 10.2. The molecule has 7 heteroatoms. The Hall–Kier alpha value is -1.73. The Morgan fingerprint density at radius 2 is 2.24 bits per heavy atom. The second-order valence-electron chi connectivity index (χ2n) is 4.51. The van der Waals surface area contributed by atoms with Crippen LogP contribution in [0.4, 0.5) is 10.1 Å². The number of benzene rings is 1. The van der Waals surface area contributed by atoms with Gasteiger partial charge < -0.3 is 5.32 Å². The van der Waals surface area contributed by atoms with E-state index in [-0.39, 0.29) is 11.9 Å². The number of hydrogen-bond donors (Lipinski definition) is 1. The zero-order chi connectivity index (χ0) is 14.8. The number of aromatic nitrogens is 3. The Bertz CT molecular complexity index is 741. The van der Waals surface area contributed by atoms with Gasteiger partial charge in [-0.3, -0.25) is 0 Å². The van der Waals surface area contributed by atoms with E-state index in [0.717, 1.165) is 10.2 Å². The lowest BCUT2D eigenvalue weighted by Crippen LogP contribution is -2.06. The average Bonchev–Trinajstić information content (AvgIpc) is 3.10. The Kier molecular flexibility index (Phi) is 4.03. The average molecular weight is 367 g/mol. The summed E-state index contributed by atoms with van der Waals surface area (Å²) >= 11 is 5.17. The molecule has 0 saturated carbocycles. The third-order valence-corrected chi connectivity index (χ3v) is 5.09. The summed E-state index contributed by atoms with van der Waals surface area (Å²) in [6, 6.07) is 7.08. The predicted molar refractivity (Wildman–Crippen MR) is 85.4 cm³/mol. The van der Waals surface area contributed by atoms with Crippen molar-refractivity contribution in [2.45, 2.75) is 13.0 Å². The standard InChI is InChI=1S/C14H12BrFN4S/c1-9(14-11(15)4-5-21-14)19-10-2-3-13(12(16)6-10)20-8-17-7-18-20/h2-9,19H,1H3. The highest BCUT2D eigenvalue weighted by Gasteiger charge is 2.12. The summed E-state index contributed by atoms with van der Waals surface area (Å²) < 4.78 is 16.6. The maximum atomic E-state index is 14.2. The molecule has 0 fully saturated rings. The summed E-state index contributed by atoms with van der Waals surface area (Å²) in [5.41, 5.74) is 1.10. The summed E-state index contributed by atoms with van der Waals surface area (Å²) in [4.78, 5) is 5.00. The normalized spacial score (nSPS) is 12.3. The molecule has 2 heterocycles. The van der Waals surface area contributed by atoms with E-state index >= 15 is 0 Å². The summed E-state index contributed by atoms with van der Waals surface area (Å²) in [5, 5.41) is 9.24. The minimum absolute atomic E-state index is 0.0935. The van der Waals surface area contributed by atoms with Crippen molar-refractivity contribution in [2.75, 3.05) is 5.32 Å². The molecule has 3 aromatic rings. The van der Waals surface area contributed by atoms with E-state index in [1.165, 1.54) is 28.3 Å². The number of thiophene rings is 1. The van der Waals surface area contributed by atoms with Crippen LogP contribution in [0.2, 0.25) is 0 Å². The highest BCUT2D eigenvalue weighted by molar-refractivity contribution is 9.10. The molecule has 3 rings (SSSR count). The van der Waals surface area contributed by atoms with Crippen LogP contribution in [0.3, 0.4) is 0 Å². The van der Waals surface area contributed by atoms with Gasteiger partial charge in [0.25, 0.3) is 0 Å². The van der Waals surface area contributed by atoms with Gasteiger partial charge in [0.05, 0.1) is 6.04 Å². The van der Waals surface area contributed by atoms with Crippen molar-refractivity contribution in [3.8, 4) is 5.69 Å². The molecule has 0 radical (unpaired) electrons. The van der Waals surface area contributed by atoms with E-state index in [1.807, 2.05) is 24.4 Å². The number of nitrogens with one attached hydrogen (secondary N) is 1. The van der Waals surface area contributed by atoms with Gasteiger partial charge in [0.2, 0.25) is 0 Å². The zero-order valence-corrected chi connectivity index (χ0v) is 13.5. The molecule has 1 N–H and O–H groups in total. The lowest BCUT2D eigenvalue weighted by molar-refractivity contribution is 0.611. The minimum Gasteiger partial charge on any atom is -0.378 e. The Balaban J connectivity index is 1.81. The second kappa shape index (κ2) is 5.95. The maximum Gasteiger partial charge on any atom is 0.150 e. The van der Waals surface area contributed by atoms with Crippen LogP contribution < -0.4 is 5.32 Å². The molecule has 0 aliphatic rings. The molecular weight excluding hydrogens is 355 g/mol. The lowest BCUT2D eigenvalue weighted by Gasteiger charge is -2.15. The summed E-state index contributed by atoms with van der Waals surface area (Å²) in [5.74, 6) is -0.344. The molecule has 2 aromatic heterocycles. The Morgan fingerprint density at radius 1 is 1.38 bits per heavy atom.